The molecule has 2 heteroatoms. The highest BCUT2D eigenvalue weighted by atomic mass is 16.3. The minimum atomic E-state index is 0.147. The molecule has 0 heterocycles. The molecule has 0 bridgehead atoms. The highest BCUT2D eigenvalue weighted by Crippen LogP contribution is 2.29. The molecule has 0 aliphatic heterocycles. The topological polar surface area (TPSA) is 46.2 Å². The Morgan fingerprint density at radius 1 is 1.05 bits per heavy atom. The van der Waals surface area contributed by atoms with Crippen LogP contribution >= 0.6 is 0 Å². The average Bonchev–Trinajstić information content (AvgIpc) is 2.82. The van der Waals surface area contributed by atoms with Crippen LogP contribution in [0.2, 0.25) is 0 Å². The van der Waals surface area contributed by atoms with Crippen LogP contribution in [0, 0.1) is 5.92 Å². The summed E-state index contributed by atoms with van der Waals surface area (Å²) in [7, 11) is 0. The third-order valence-electron chi connectivity index (χ3n) is 4.07. The maximum Gasteiger partial charge on any atom is 0.115 e. The molecular weight excluding hydrogens is 234 g/mol. The number of rotatable bonds is 3. The van der Waals surface area contributed by atoms with Crippen LogP contribution in [0.15, 0.2) is 48.5 Å². The van der Waals surface area contributed by atoms with Gasteiger partial charge in [0.15, 0.2) is 0 Å². The molecule has 0 amide bonds. The van der Waals surface area contributed by atoms with Gasteiger partial charge in [-0.1, -0.05) is 36.4 Å². The zero-order chi connectivity index (χ0) is 13.2. The molecule has 3 rings (SSSR count). The summed E-state index contributed by atoms with van der Waals surface area (Å²) in [5.74, 6) is 0.833. The van der Waals surface area contributed by atoms with Crippen LogP contribution in [0.4, 0.5) is 0 Å². The van der Waals surface area contributed by atoms with E-state index in [1.807, 2.05) is 18.2 Å². The third kappa shape index (κ3) is 2.64. The van der Waals surface area contributed by atoms with Crippen molar-refractivity contribution in [2.75, 3.05) is 0 Å². The third-order valence-corrected chi connectivity index (χ3v) is 4.07. The van der Waals surface area contributed by atoms with Gasteiger partial charge in [-0.2, -0.15) is 0 Å². The van der Waals surface area contributed by atoms with Crippen LogP contribution in [0.3, 0.4) is 0 Å². The zero-order valence-corrected chi connectivity index (χ0v) is 10.9. The Labute approximate surface area is 113 Å². The first-order chi connectivity index (χ1) is 9.22. The first kappa shape index (κ1) is 12.2. The van der Waals surface area contributed by atoms with E-state index in [1.54, 1.807) is 6.07 Å². The van der Waals surface area contributed by atoms with Gasteiger partial charge in [0.1, 0.15) is 5.75 Å². The maximum atomic E-state index is 9.49. The Morgan fingerprint density at radius 2 is 1.74 bits per heavy atom. The smallest absolute Gasteiger partial charge is 0.115 e. The fraction of sp³-hybridized carbons (Fsp3) is 0.294. The van der Waals surface area contributed by atoms with Crippen LogP contribution < -0.4 is 5.73 Å². The van der Waals surface area contributed by atoms with Gasteiger partial charge in [0.05, 0.1) is 0 Å². The number of aromatic hydroxyl groups is 1. The van der Waals surface area contributed by atoms with Gasteiger partial charge in [-0.25, -0.2) is 0 Å². The van der Waals surface area contributed by atoms with E-state index in [0.717, 1.165) is 24.8 Å². The summed E-state index contributed by atoms with van der Waals surface area (Å²) in [5, 5.41) is 9.49. The summed E-state index contributed by atoms with van der Waals surface area (Å²) in [6.45, 7) is 0. The second-order valence-electron chi connectivity index (χ2n) is 5.47. The predicted octanol–water partition coefficient (Wildman–Crippen LogP) is 2.68. The molecule has 19 heavy (non-hydrogen) atoms. The SMILES string of the molecule is NC(Cc1cccc(O)c1)C1Cc2ccccc2C1. The van der Waals surface area contributed by atoms with Crippen LogP contribution in [-0.4, -0.2) is 11.1 Å². The molecule has 1 unspecified atom stereocenters. The molecule has 0 fully saturated rings. The van der Waals surface area contributed by atoms with Gasteiger partial charge in [-0.05, 0) is 54.0 Å². The summed E-state index contributed by atoms with van der Waals surface area (Å²) < 4.78 is 0. The number of hydrogen-bond acceptors (Lipinski definition) is 2. The Hall–Kier alpha value is -1.80. The molecule has 0 saturated carbocycles. The summed E-state index contributed by atoms with van der Waals surface area (Å²) in [6, 6.07) is 16.2. The largest absolute Gasteiger partial charge is 0.508 e. The second kappa shape index (κ2) is 5.06. The number of fused-ring (bicyclic) bond motifs is 1. The van der Waals surface area contributed by atoms with Crippen molar-refractivity contribution in [1.82, 2.24) is 0 Å². The zero-order valence-electron chi connectivity index (χ0n) is 10.9. The Morgan fingerprint density at radius 3 is 2.37 bits per heavy atom. The molecule has 1 atom stereocenters. The summed E-state index contributed by atoms with van der Waals surface area (Å²) in [5.41, 5.74) is 10.4. The molecule has 0 saturated heterocycles. The fourth-order valence-corrected chi connectivity index (χ4v) is 3.02. The number of benzene rings is 2. The van der Waals surface area contributed by atoms with E-state index in [9.17, 15) is 5.11 Å². The lowest BCUT2D eigenvalue weighted by atomic mass is 9.92. The van der Waals surface area contributed by atoms with E-state index >= 15 is 0 Å². The van der Waals surface area contributed by atoms with Crippen molar-refractivity contribution in [2.45, 2.75) is 25.3 Å². The lowest BCUT2D eigenvalue weighted by molar-refractivity contribution is 0.435. The van der Waals surface area contributed by atoms with Crippen LogP contribution in [0.1, 0.15) is 16.7 Å². The number of phenols is 1. The van der Waals surface area contributed by atoms with Crippen molar-refractivity contribution in [3.05, 3.63) is 65.2 Å². The van der Waals surface area contributed by atoms with Crippen molar-refractivity contribution >= 4 is 0 Å². The van der Waals surface area contributed by atoms with E-state index in [-0.39, 0.29) is 6.04 Å². The summed E-state index contributed by atoms with van der Waals surface area (Å²) in [6.07, 6.45) is 2.99. The molecule has 0 spiro atoms. The van der Waals surface area contributed by atoms with Crippen LogP contribution in [0.5, 0.6) is 5.75 Å². The molecule has 2 aromatic carbocycles. The van der Waals surface area contributed by atoms with Gasteiger partial charge in [-0.3, -0.25) is 0 Å². The molecule has 1 aliphatic rings. The van der Waals surface area contributed by atoms with Crippen molar-refractivity contribution in [3.8, 4) is 5.75 Å². The second-order valence-corrected chi connectivity index (χ2v) is 5.47. The first-order valence-corrected chi connectivity index (χ1v) is 6.82. The Kier molecular flexibility index (Phi) is 3.26. The minimum Gasteiger partial charge on any atom is -0.508 e. The normalized spacial score (nSPS) is 16.3. The van der Waals surface area contributed by atoms with E-state index < -0.39 is 0 Å². The van der Waals surface area contributed by atoms with Crippen LogP contribution in [0.25, 0.3) is 0 Å². The van der Waals surface area contributed by atoms with Crippen molar-refractivity contribution in [1.29, 1.82) is 0 Å². The molecule has 1 aliphatic carbocycles. The fourth-order valence-electron chi connectivity index (χ4n) is 3.02. The quantitative estimate of drug-likeness (QED) is 0.883. The first-order valence-electron chi connectivity index (χ1n) is 6.82. The van der Waals surface area contributed by atoms with Gasteiger partial charge < -0.3 is 10.8 Å². The molecular formula is C17H19NO. The molecule has 0 aromatic heterocycles. The molecule has 98 valence electrons. The van der Waals surface area contributed by atoms with Gasteiger partial charge >= 0.3 is 0 Å². The van der Waals surface area contributed by atoms with E-state index in [2.05, 4.69) is 24.3 Å². The maximum absolute atomic E-state index is 9.49. The summed E-state index contributed by atoms with van der Waals surface area (Å²) >= 11 is 0. The molecule has 3 N–H and O–H groups in total. The lowest BCUT2D eigenvalue weighted by Crippen LogP contribution is -2.32. The van der Waals surface area contributed by atoms with Gasteiger partial charge in [-0.15, -0.1) is 0 Å². The minimum absolute atomic E-state index is 0.147. The number of phenolic OH excluding ortho intramolecular Hbond substituents is 1. The molecule has 2 nitrogen and oxygen atoms in total. The standard InChI is InChI=1S/C17H19NO/c18-17(9-12-4-3-7-16(19)8-12)15-10-13-5-1-2-6-14(13)11-15/h1-8,15,17,19H,9-11,18H2. The highest BCUT2D eigenvalue weighted by molar-refractivity contribution is 5.33. The molecule has 0 radical (unpaired) electrons. The highest BCUT2D eigenvalue weighted by Gasteiger charge is 2.26. The van der Waals surface area contributed by atoms with Crippen molar-refractivity contribution in [2.24, 2.45) is 11.7 Å². The summed E-state index contributed by atoms with van der Waals surface area (Å²) in [4.78, 5) is 0. The predicted molar refractivity (Wildman–Crippen MR) is 77.1 cm³/mol. The monoisotopic (exact) mass is 253 g/mol. The van der Waals surface area contributed by atoms with Crippen molar-refractivity contribution < 1.29 is 5.11 Å². The van der Waals surface area contributed by atoms with E-state index in [4.69, 9.17) is 5.73 Å². The van der Waals surface area contributed by atoms with E-state index in [1.165, 1.54) is 11.1 Å². The lowest BCUT2D eigenvalue weighted by Gasteiger charge is -2.19. The Balaban J connectivity index is 1.68. The van der Waals surface area contributed by atoms with Crippen molar-refractivity contribution in [3.63, 3.8) is 0 Å². The number of nitrogens with two attached hydrogens (primary N) is 1. The van der Waals surface area contributed by atoms with Crippen LogP contribution in [-0.2, 0) is 19.3 Å². The van der Waals surface area contributed by atoms with Gasteiger partial charge in [0.2, 0.25) is 0 Å². The Bertz CT molecular complexity index is 554. The van der Waals surface area contributed by atoms with E-state index in [0.29, 0.717) is 11.7 Å². The van der Waals surface area contributed by atoms with Gasteiger partial charge in [0, 0.05) is 6.04 Å². The molecule has 2 aromatic rings. The van der Waals surface area contributed by atoms with Gasteiger partial charge in [0.25, 0.3) is 0 Å². The number of hydrogen-bond donors (Lipinski definition) is 2. The average molecular weight is 253 g/mol.